The van der Waals surface area contributed by atoms with E-state index in [4.69, 9.17) is 28.3 Å². The smallest absolute Gasteiger partial charge is 0.0558 e. The van der Waals surface area contributed by atoms with Gasteiger partial charge in [-0.15, -0.1) is 0 Å². The van der Waals surface area contributed by atoms with Crippen molar-refractivity contribution in [1.29, 1.82) is 0 Å². The van der Waals surface area contributed by atoms with Gasteiger partial charge in [0.25, 0.3) is 0 Å². The Hall–Kier alpha value is 0.240. The molecule has 0 atom stereocenters. The molecule has 0 aromatic rings. The Labute approximate surface area is 76.4 Å². The molecule has 0 aliphatic carbocycles. The lowest BCUT2D eigenvalue weighted by Gasteiger charge is -2.25. The van der Waals surface area contributed by atoms with E-state index in [2.05, 4.69) is 4.90 Å². The van der Waals surface area contributed by atoms with Crippen molar-refractivity contribution < 1.29 is 5.11 Å². The molecule has 0 aromatic carbocycles. The number of rotatable bonds is 2. The lowest BCUT2D eigenvalue weighted by atomic mass is 10.2. The summed E-state index contributed by atoms with van der Waals surface area (Å²) in [4.78, 5) is 2.08. The van der Waals surface area contributed by atoms with Gasteiger partial charge in [0.2, 0.25) is 0 Å². The van der Waals surface area contributed by atoms with Crippen LogP contribution in [0.2, 0.25) is 0 Å². The number of aliphatic hydroxyl groups is 1. The first-order chi connectivity index (χ1) is 5.24. The fourth-order valence-electron chi connectivity index (χ4n) is 1.09. The van der Waals surface area contributed by atoms with E-state index in [-0.39, 0.29) is 6.61 Å². The molecule has 0 saturated heterocycles. The van der Waals surface area contributed by atoms with Crippen LogP contribution in [-0.4, -0.2) is 36.2 Å². The zero-order valence-corrected chi connectivity index (χ0v) is 7.70. The molecule has 1 heterocycles. The second kappa shape index (κ2) is 4.31. The van der Waals surface area contributed by atoms with Crippen LogP contribution >= 0.6 is 23.2 Å². The highest BCUT2D eigenvalue weighted by Gasteiger charge is 2.15. The average molecular weight is 196 g/mol. The predicted molar refractivity (Wildman–Crippen MR) is 46.9 cm³/mol. The Morgan fingerprint density at radius 2 is 2.09 bits per heavy atom. The van der Waals surface area contributed by atoms with Crippen LogP contribution in [-0.2, 0) is 0 Å². The minimum atomic E-state index is 0.182. The Morgan fingerprint density at radius 3 is 2.64 bits per heavy atom. The van der Waals surface area contributed by atoms with E-state index in [1.165, 1.54) is 0 Å². The van der Waals surface area contributed by atoms with Crippen molar-refractivity contribution in [2.45, 2.75) is 6.42 Å². The molecule has 11 heavy (non-hydrogen) atoms. The van der Waals surface area contributed by atoms with Crippen molar-refractivity contribution in [2.24, 2.45) is 0 Å². The fraction of sp³-hybridized carbons (Fsp3) is 0.714. The Morgan fingerprint density at radius 1 is 1.36 bits per heavy atom. The van der Waals surface area contributed by atoms with Crippen LogP contribution in [0, 0.1) is 0 Å². The standard InChI is InChI=1S/C7H11Cl2NO/c8-6-1-2-10(3-4-11)5-7(6)9/h11H,1-5H2. The van der Waals surface area contributed by atoms with Gasteiger partial charge in [-0.3, -0.25) is 4.90 Å². The quantitative estimate of drug-likeness (QED) is 0.720. The second-order valence-corrected chi connectivity index (χ2v) is 3.47. The molecule has 2 nitrogen and oxygen atoms in total. The zero-order chi connectivity index (χ0) is 8.27. The minimum Gasteiger partial charge on any atom is -0.395 e. The SMILES string of the molecule is OCCN1CCC(Cl)=C(Cl)C1. The molecule has 0 spiro atoms. The summed E-state index contributed by atoms with van der Waals surface area (Å²) in [5.41, 5.74) is 0. The molecule has 1 aliphatic rings. The topological polar surface area (TPSA) is 23.5 Å². The molecular formula is C7H11Cl2NO. The molecule has 1 aliphatic heterocycles. The maximum Gasteiger partial charge on any atom is 0.0558 e. The monoisotopic (exact) mass is 195 g/mol. The van der Waals surface area contributed by atoms with E-state index < -0.39 is 0 Å². The molecule has 0 amide bonds. The van der Waals surface area contributed by atoms with Crippen molar-refractivity contribution in [1.82, 2.24) is 4.90 Å². The molecule has 0 aromatic heterocycles. The van der Waals surface area contributed by atoms with Gasteiger partial charge < -0.3 is 5.11 Å². The van der Waals surface area contributed by atoms with Gasteiger partial charge in [-0.1, -0.05) is 23.2 Å². The van der Waals surface area contributed by atoms with Crippen LogP contribution in [0.5, 0.6) is 0 Å². The van der Waals surface area contributed by atoms with Crippen LogP contribution in [0.15, 0.2) is 10.1 Å². The third-order valence-electron chi connectivity index (χ3n) is 1.72. The highest BCUT2D eigenvalue weighted by Crippen LogP contribution is 2.23. The molecule has 1 N–H and O–H groups in total. The van der Waals surface area contributed by atoms with Crippen molar-refractivity contribution in [3.63, 3.8) is 0 Å². The molecular weight excluding hydrogens is 185 g/mol. The predicted octanol–water partition coefficient (Wildman–Crippen LogP) is 1.37. The van der Waals surface area contributed by atoms with Gasteiger partial charge in [-0.25, -0.2) is 0 Å². The van der Waals surface area contributed by atoms with Crippen molar-refractivity contribution in [2.75, 3.05) is 26.2 Å². The molecule has 0 radical (unpaired) electrons. The summed E-state index contributed by atoms with van der Waals surface area (Å²) in [5, 5.41) is 10.1. The summed E-state index contributed by atoms with van der Waals surface area (Å²) >= 11 is 11.6. The molecule has 1 rings (SSSR count). The van der Waals surface area contributed by atoms with Gasteiger partial charge in [0.15, 0.2) is 0 Å². The third kappa shape index (κ3) is 2.64. The van der Waals surface area contributed by atoms with E-state index in [1.807, 2.05) is 0 Å². The lowest BCUT2D eigenvalue weighted by molar-refractivity contribution is 0.205. The first-order valence-electron chi connectivity index (χ1n) is 3.60. The molecule has 4 heteroatoms. The van der Waals surface area contributed by atoms with Crippen molar-refractivity contribution in [3.05, 3.63) is 10.1 Å². The number of hydrogen-bond acceptors (Lipinski definition) is 2. The van der Waals surface area contributed by atoms with E-state index in [0.29, 0.717) is 18.1 Å². The summed E-state index contributed by atoms with van der Waals surface area (Å²) < 4.78 is 0. The minimum absolute atomic E-state index is 0.182. The maximum atomic E-state index is 8.64. The largest absolute Gasteiger partial charge is 0.395 e. The van der Waals surface area contributed by atoms with Gasteiger partial charge in [-0.2, -0.15) is 0 Å². The van der Waals surface area contributed by atoms with Gasteiger partial charge in [0.1, 0.15) is 0 Å². The van der Waals surface area contributed by atoms with Crippen LogP contribution in [0.3, 0.4) is 0 Å². The first kappa shape index (κ1) is 9.33. The summed E-state index contributed by atoms with van der Waals surface area (Å²) in [6.07, 6.45) is 0.806. The zero-order valence-electron chi connectivity index (χ0n) is 6.19. The first-order valence-corrected chi connectivity index (χ1v) is 4.36. The number of nitrogens with zero attached hydrogens (tertiary/aromatic N) is 1. The Bertz CT molecular complexity index is 170. The molecule has 64 valence electrons. The van der Waals surface area contributed by atoms with Crippen molar-refractivity contribution in [3.8, 4) is 0 Å². The number of β-amino-alcohol motifs (C(OH)–C–C–N with tert-alkyl or cyclic N) is 1. The van der Waals surface area contributed by atoms with Crippen LogP contribution in [0.4, 0.5) is 0 Å². The summed E-state index contributed by atoms with van der Waals surface area (Å²) in [6.45, 7) is 2.44. The van der Waals surface area contributed by atoms with E-state index in [0.717, 1.165) is 18.0 Å². The van der Waals surface area contributed by atoms with Gasteiger partial charge >= 0.3 is 0 Å². The maximum absolute atomic E-state index is 8.64. The summed E-state index contributed by atoms with van der Waals surface area (Å²) in [7, 11) is 0. The van der Waals surface area contributed by atoms with Crippen LogP contribution in [0.1, 0.15) is 6.42 Å². The highest BCUT2D eigenvalue weighted by molar-refractivity contribution is 6.39. The molecule has 0 bridgehead atoms. The van der Waals surface area contributed by atoms with Crippen LogP contribution in [0.25, 0.3) is 0 Å². The third-order valence-corrected chi connectivity index (χ3v) is 2.58. The number of aliphatic hydroxyl groups excluding tert-OH is 1. The lowest BCUT2D eigenvalue weighted by Crippen LogP contribution is -2.32. The van der Waals surface area contributed by atoms with Gasteiger partial charge in [-0.05, 0) is 6.42 Å². The highest BCUT2D eigenvalue weighted by atomic mass is 35.5. The fourth-order valence-corrected chi connectivity index (χ4v) is 1.49. The molecule has 0 saturated carbocycles. The van der Waals surface area contributed by atoms with Crippen LogP contribution < -0.4 is 0 Å². The Balaban J connectivity index is 2.44. The summed E-state index contributed by atoms with van der Waals surface area (Å²) in [6, 6.07) is 0. The average Bonchev–Trinajstić information content (AvgIpc) is 1.98. The van der Waals surface area contributed by atoms with E-state index in [1.54, 1.807) is 0 Å². The number of halogens is 2. The normalized spacial score (nSPS) is 21.0. The molecule has 0 fully saturated rings. The second-order valence-electron chi connectivity index (χ2n) is 2.56. The number of hydrogen-bond donors (Lipinski definition) is 1. The van der Waals surface area contributed by atoms with E-state index >= 15 is 0 Å². The van der Waals surface area contributed by atoms with Gasteiger partial charge in [0.05, 0.1) is 6.61 Å². The van der Waals surface area contributed by atoms with E-state index in [9.17, 15) is 0 Å². The van der Waals surface area contributed by atoms with Gasteiger partial charge in [0, 0.05) is 29.7 Å². The summed E-state index contributed by atoms with van der Waals surface area (Å²) in [5.74, 6) is 0. The molecule has 0 unspecified atom stereocenters. The Kier molecular flexibility index (Phi) is 3.66. The van der Waals surface area contributed by atoms with Crippen molar-refractivity contribution >= 4 is 23.2 Å².